The van der Waals surface area contributed by atoms with Crippen molar-refractivity contribution in [1.29, 1.82) is 0 Å². The molecular weight excluding hydrogens is 246 g/mol. The lowest BCUT2D eigenvalue weighted by Gasteiger charge is -2.34. The number of amides is 1. The van der Waals surface area contributed by atoms with Crippen LogP contribution in [0.3, 0.4) is 0 Å². The summed E-state index contributed by atoms with van der Waals surface area (Å²) in [6, 6.07) is -1.87. The van der Waals surface area contributed by atoms with Crippen molar-refractivity contribution in [3.8, 4) is 0 Å². The molecule has 1 aliphatic heterocycles. The predicted octanol–water partition coefficient (Wildman–Crippen LogP) is 3.09. The molecule has 19 heavy (non-hydrogen) atoms. The Labute approximate surface area is 116 Å². The molecule has 1 amide bonds. The molecule has 0 aliphatic carbocycles. The van der Waals surface area contributed by atoms with Gasteiger partial charge in [0.25, 0.3) is 0 Å². The van der Waals surface area contributed by atoms with Gasteiger partial charge in [0.15, 0.2) is 6.23 Å². The Morgan fingerprint density at radius 1 is 1.42 bits per heavy atom. The average Bonchev–Trinajstić information content (AvgIpc) is 2.50. The Hall–Kier alpha value is -1.26. The number of ether oxygens (including phenoxy) is 1. The third-order valence-corrected chi connectivity index (χ3v) is 3.53. The quantitative estimate of drug-likeness (QED) is 0.802. The van der Waals surface area contributed by atoms with E-state index in [1.807, 2.05) is 20.8 Å². The van der Waals surface area contributed by atoms with E-state index in [0.29, 0.717) is 0 Å². The number of nitrogens with zero attached hydrogens (tertiary/aromatic N) is 1. The van der Waals surface area contributed by atoms with Crippen LogP contribution in [0.4, 0.5) is 4.79 Å². The van der Waals surface area contributed by atoms with Crippen LogP contribution >= 0.6 is 0 Å². The summed E-state index contributed by atoms with van der Waals surface area (Å²) in [6.07, 6.45) is -1.36. The average molecular weight is 272 g/mol. The second-order valence-electron chi connectivity index (χ2n) is 6.92. The van der Waals surface area contributed by atoms with Crippen LogP contribution in [0.2, 0.25) is 0 Å². The van der Waals surface area contributed by atoms with Crippen LogP contribution in [0.1, 0.15) is 55.8 Å². The number of rotatable bonds is 3. The second kappa shape index (κ2) is 5.02. The summed E-state index contributed by atoms with van der Waals surface area (Å²) >= 11 is 0. The lowest BCUT2D eigenvalue weighted by molar-refractivity contribution is -0.147. The first-order valence-electron chi connectivity index (χ1n) is 7.08. The van der Waals surface area contributed by atoms with Gasteiger partial charge < -0.3 is 9.84 Å². The smallest absolute Gasteiger partial charge is 0.410 e. The zero-order valence-electron chi connectivity index (χ0n) is 13.6. The molecule has 0 spiro atoms. The fraction of sp³-hybridized carbons (Fsp3) is 0.857. The van der Waals surface area contributed by atoms with E-state index in [0.717, 1.165) is 11.3 Å². The molecule has 5 nitrogen and oxygen atoms in total. The largest absolute Gasteiger partial charge is 0.465 e. The molecule has 1 heterocycles. The molecule has 0 aromatic rings. The number of hydrogen-bond acceptors (Lipinski definition) is 3. The van der Waals surface area contributed by atoms with Crippen molar-refractivity contribution in [2.75, 3.05) is 0 Å². The van der Waals surface area contributed by atoms with Crippen LogP contribution < -0.4 is 0 Å². The predicted molar refractivity (Wildman–Crippen MR) is 71.7 cm³/mol. The van der Waals surface area contributed by atoms with Crippen molar-refractivity contribution in [2.24, 2.45) is 10.8 Å². The van der Waals surface area contributed by atoms with Gasteiger partial charge >= 0.3 is 12.1 Å². The highest BCUT2D eigenvalue weighted by molar-refractivity contribution is 5.84. The van der Waals surface area contributed by atoms with E-state index in [2.05, 4.69) is 0 Å². The van der Waals surface area contributed by atoms with Gasteiger partial charge in [-0.15, -0.1) is 0 Å². The van der Waals surface area contributed by atoms with Gasteiger partial charge in [-0.25, -0.2) is 9.59 Å². The minimum absolute atomic E-state index is 0.119. The van der Waals surface area contributed by atoms with Gasteiger partial charge in [-0.2, -0.15) is 0 Å². The van der Waals surface area contributed by atoms with Crippen LogP contribution in [0.15, 0.2) is 0 Å². The Morgan fingerprint density at radius 2 is 1.95 bits per heavy atom. The van der Waals surface area contributed by atoms with E-state index in [1.54, 1.807) is 20.8 Å². The van der Waals surface area contributed by atoms with E-state index in [-0.39, 0.29) is 11.8 Å². The number of carboxylic acid groups (broad SMARTS) is 1. The van der Waals surface area contributed by atoms with Crippen molar-refractivity contribution >= 4 is 12.1 Å². The molecule has 5 heteroatoms. The number of cyclic esters (lactones) is 1. The Morgan fingerprint density at radius 3 is 2.32 bits per heavy atom. The third kappa shape index (κ3) is 3.39. The lowest BCUT2D eigenvalue weighted by Crippen LogP contribution is -2.48. The number of esters is 1. The van der Waals surface area contributed by atoms with E-state index in [9.17, 15) is 14.7 Å². The van der Waals surface area contributed by atoms with Crippen molar-refractivity contribution in [2.45, 2.75) is 66.6 Å². The van der Waals surface area contributed by atoms with Gasteiger partial charge in [-0.1, -0.05) is 48.0 Å². The maximum atomic E-state index is 12.1. The van der Waals surface area contributed by atoms with Crippen LogP contribution in [0, 0.1) is 10.8 Å². The zero-order valence-corrected chi connectivity index (χ0v) is 12.6. The first kappa shape index (κ1) is 14.2. The topological polar surface area (TPSA) is 66.8 Å². The summed E-state index contributed by atoms with van der Waals surface area (Å²) in [5.41, 5.74) is -0.894. The minimum Gasteiger partial charge on any atom is -0.465 e. The molecule has 0 saturated carbocycles. The van der Waals surface area contributed by atoms with Crippen molar-refractivity contribution in [3.63, 3.8) is 0 Å². The lowest BCUT2D eigenvalue weighted by atomic mass is 9.82. The summed E-state index contributed by atoms with van der Waals surface area (Å²) in [5, 5.41) is 9.44. The number of carbonyl (C=O) groups excluding carboxylic acids is 1. The molecule has 2 atom stereocenters. The van der Waals surface area contributed by atoms with Gasteiger partial charge in [0.05, 0.1) is 1.37 Å². The highest BCUT2D eigenvalue weighted by atomic mass is 16.6. The highest BCUT2D eigenvalue weighted by Gasteiger charge is 2.51. The Balaban J connectivity index is 3.23. The second-order valence-corrected chi connectivity index (χ2v) is 6.92. The normalized spacial score (nSPS) is 29.2. The summed E-state index contributed by atoms with van der Waals surface area (Å²) in [7, 11) is 0. The van der Waals surface area contributed by atoms with Crippen LogP contribution in [0.5, 0.6) is 0 Å². The molecule has 1 rings (SSSR count). The SMILES string of the molecule is [2H][C@]1(CC(C)(C)CC)C(=O)O[C@H](C(C)(C)C)N1C(=O)O. The molecule has 0 radical (unpaired) electrons. The summed E-state index contributed by atoms with van der Waals surface area (Å²) in [5.74, 6) is -0.777. The standard InChI is InChI=1S/C14H25NO4/c1-7-14(5,6)8-9-10(16)19-11(13(2,3)4)15(9)12(17)18/h9,11H,7-8H2,1-6H3,(H,17,18)/t9-,11+/m0/s1/i9D. The third-order valence-electron chi connectivity index (χ3n) is 3.53. The minimum atomic E-state index is -1.87. The molecule has 1 saturated heterocycles. The Kier molecular flexibility index (Phi) is 3.74. The molecular formula is C14H25NO4. The van der Waals surface area contributed by atoms with Crippen molar-refractivity contribution in [1.82, 2.24) is 4.90 Å². The molecule has 1 aliphatic rings. The van der Waals surface area contributed by atoms with Crippen molar-refractivity contribution < 1.29 is 20.8 Å². The molecule has 0 aromatic carbocycles. The fourth-order valence-corrected chi connectivity index (χ4v) is 1.98. The molecule has 0 aromatic heterocycles. The van der Waals surface area contributed by atoms with Crippen LogP contribution in [-0.2, 0) is 9.53 Å². The maximum Gasteiger partial charge on any atom is 0.410 e. The van der Waals surface area contributed by atoms with E-state index >= 15 is 0 Å². The van der Waals surface area contributed by atoms with Gasteiger partial charge in [0.1, 0.15) is 6.02 Å². The van der Waals surface area contributed by atoms with Gasteiger partial charge in [-0.3, -0.25) is 4.90 Å². The molecule has 0 bridgehead atoms. The number of carbonyl (C=O) groups is 2. The maximum absolute atomic E-state index is 12.1. The summed E-state index contributed by atoms with van der Waals surface area (Å²) in [4.78, 5) is 24.6. The highest BCUT2D eigenvalue weighted by Crippen LogP contribution is 2.37. The molecule has 1 fully saturated rings. The Bertz CT molecular complexity index is 416. The van der Waals surface area contributed by atoms with Crippen molar-refractivity contribution in [3.05, 3.63) is 0 Å². The van der Waals surface area contributed by atoms with Crippen LogP contribution in [0.25, 0.3) is 0 Å². The fourth-order valence-electron chi connectivity index (χ4n) is 1.98. The number of hydrogen-bond donors (Lipinski definition) is 1. The molecule has 0 unspecified atom stereocenters. The van der Waals surface area contributed by atoms with Gasteiger partial charge in [0, 0.05) is 5.41 Å². The summed E-state index contributed by atoms with van der Waals surface area (Å²) < 4.78 is 13.6. The first-order valence-corrected chi connectivity index (χ1v) is 6.58. The van der Waals surface area contributed by atoms with E-state index in [1.165, 1.54) is 0 Å². The van der Waals surface area contributed by atoms with Gasteiger partial charge in [0.2, 0.25) is 0 Å². The van der Waals surface area contributed by atoms with E-state index in [4.69, 9.17) is 6.11 Å². The molecule has 110 valence electrons. The zero-order chi connectivity index (χ0) is 15.9. The summed E-state index contributed by atoms with van der Waals surface area (Å²) in [6.45, 7) is 11.2. The van der Waals surface area contributed by atoms with Crippen LogP contribution in [-0.4, -0.2) is 34.3 Å². The monoisotopic (exact) mass is 272 g/mol. The van der Waals surface area contributed by atoms with E-state index < -0.39 is 29.7 Å². The van der Waals surface area contributed by atoms with Gasteiger partial charge in [-0.05, 0) is 11.8 Å². The molecule has 1 N–H and O–H groups in total. The first-order chi connectivity index (χ1) is 8.85.